The highest BCUT2D eigenvalue weighted by molar-refractivity contribution is 7.99. The summed E-state index contributed by atoms with van der Waals surface area (Å²) in [6.07, 6.45) is 0. The number of piperazine rings is 1. The molecule has 2 aliphatic heterocycles. The Labute approximate surface area is 145 Å². The SMILES string of the molecule is O=C(C1CSCN1)N1CCN(S(=O)(=O)c2cccc(Cl)c2)CC1. The van der Waals surface area contributed by atoms with Crippen LogP contribution in [0, 0.1) is 0 Å². The van der Waals surface area contributed by atoms with Gasteiger partial charge in [-0.2, -0.15) is 4.31 Å². The number of rotatable bonds is 3. The van der Waals surface area contributed by atoms with Crippen LogP contribution in [0.15, 0.2) is 29.2 Å². The Hall–Kier alpha value is -0.800. The highest BCUT2D eigenvalue weighted by atomic mass is 35.5. The summed E-state index contributed by atoms with van der Waals surface area (Å²) in [5.74, 6) is 1.63. The molecule has 6 nitrogen and oxygen atoms in total. The Morgan fingerprint density at radius 1 is 1.26 bits per heavy atom. The molecule has 2 fully saturated rings. The maximum Gasteiger partial charge on any atom is 0.243 e. The number of hydrogen-bond donors (Lipinski definition) is 1. The van der Waals surface area contributed by atoms with Gasteiger partial charge in [0.25, 0.3) is 0 Å². The molecule has 0 spiro atoms. The van der Waals surface area contributed by atoms with E-state index in [1.54, 1.807) is 34.9 Å². The molecule has 0 aliphatic carbocycles. The molecule has 3 rings (SSSR count). The summed E-state index contributed by atoms with van der Waals surface area (Å²) in [5.41, 5.74) is 0. The highest BCUT2D eigenvalue weighted by Gasteiger charge is 2.33. The third-order valence-corrected chi connectivity index (χ3v) is 7.07. The Morgan fingerprint density at radius 3 is 2.61 bits per heavy atom. The summed E-state index contributed by atoms with van der Waals surface area (Å²) < 4.78 is 26.7. The van der Waals surface area contributed by atoms with Gasteiger partial charge in [-0.25, -0.2) is 8.42 Å². The van der Waals surface area contributed by atoms with Crippen LogP contribution in [0.5, 0.6) is 0 Å². The molecule has 9 heteroatoms. The van der Waals surface area contributed by atoms with Crippen molar-refractivity contribution < 1.29 is 13.2 Å². The molecule has 1 unspecified atom stereocenters. The number of nitrogens with zero attached hydrogens (tertiary/aromatic N) is 2. The first-order valence-corrected chi connectivity index (χ1v) is 10.3. The predicted octanol–water partition coefficient (Wildman–Crippen LogP) is 0.835. The van der Waals surface area contributed by atoms with E-state index >= 15 is 0 Å². The average molecular weight is 376 g/mol. The van der Waals surface area contributed by atoms with E-state index in [9.17, 15) is 13.2 Å². The second-order valence-corrected chi connectivity index (χ2v) is 8.86. The zero-order valence-corrected chi connectivity index (χ0v) is 14.8. The van der Waals surface area contributed by atoms with E-state index in [1.807, 2.05) is 0 Å². The molecule has 2 aliphatic rings. The number of carbonyl (C=O) groups excluding carboxylic acids is 1. The van der Waals surface area contributed by atoms with Crippen LogP contribution in [0.25, 0.3) is 0 Å². The van der Waals surface area contributed by atoms with Crippen molar-refractivity contribution in [2.24, 2.45) is 0 Å². The van der Waals surface area contributed by atoms with E-state index in [2.05, 4.69) is 5.32 Å². The number of thioether (sulfide) groups is 1. The number of sulfonamides is 1. The van der Waals surface area contributed by atoms with E-state index < -0.39 is 10.0 Å². The van der Waals surface area contributed by atoms with Crippen molar-refractivity contribution in [3.8, 4) is 0 Å². The molecule has 23 heavy (non-hydrogen) atoms. The normalized spacial score (nSPS) is 23.2. The Morgan fingerprint density at radius 2 is 2.00 bits per heavy atom. The first kappa shape index (κ1) is 17.0. The number of nitrogens with one attached hydrogen (secondary N) is 1. The standard InChI is InChI=1S/C14H18ClN3O3S2/c15-11-2-1-3-12(8-11)23(20,21)18-6-4-17(5-7-18)14(19)13-9-22-10-16-13/h1-3,8,13,16H,4-7,9-10H2. The minimum atomic E-state index is -3.56. The average Bonchev–Trinajstić information content (AvgIpc) is 3.09. The molecule has 126 valence electrons. The molecule has 1 N–H and O–H groups in total. The topological polar surface area (TPSA) is 69.7 Å². The van der Waals surface area contributed by atoms with Gasteiger partial charge in [-0.05, 0) is 18.2 Å². The van der Waals surface area contributed by atoms with Gasteiger partial charge in [0.1, 0.15) is 0 Å². The lowest BCUT2D eigenvalue weighted by atomic mass is 10.2. The van der Waals surface area contributed by atoms with Gasteiger partial charge in [0, 0.05) is 42.8 Å². The number of benzene rings is 1. The number of hydrogen-bond acceptors (Lipinski definition) is 5. The predicted molar refractivity (Wildman–Crippen MR) is 91.0 cm³/mol. The molecule has 1 aromatic carbocycles. The van der Waals surface area contributed by atoms with Crippen molar-refractivity contribution in [2.45, 2.75) is 10.9 Å². The van der Waals surface area contributed by atoms with Crippen LogP contribution in [0.3, 0.4) is 0 Å². The second-order valence-electron chi connectivity index (χ2n) is 5.46. The van der Waals surface area contributed by atoms with Crippen molar-refractivity contribution in [3.05, 3.63) is 29.3 Å². The lowest BCUT2D eigenvalue weighted by molar-refractivity contribution is -0.133. The smallest absolute Gasteiger partial charge is 0.243 e. The van der Waals surface area contributed by atoms with Crippen molar-refractivity contribution in [1.82, 2.24) is 14.5 Å². The molecular weight excluding hydrogens is 358 g/mol. The van der Waals surface area contributed by atoms with E-state index in [1.165, 1.54) is 10.4 Å². The fourth-order valence-corrected chi connectivity index (χ4v) is 5.36. The molecule has 0 bridgehead atoms. The van der Waals surface area contributed by atoms with Crippen molar-refractivity contribution in [3.63, 3.8) is 0 Å². The molecule has 1 aromatic rings. The van der Waals surface area contributed by atoms with Crippen LogP contribution in [0.2, 0.25) is 5.02 Å². The van der Waals surface area contributed by atoms with Gasteiger partial charge >= 0.3 is 0 Å². The van der Waals surface area contributed by atoms with Crippen molar-refractivity contribution in [1.29, 1.82) is 0 Å². The molecule has 0 saturated carbocycles. The van der Waals surface area contributed by atoms with E-state index in [-0.39, 0.29) is 16.8 Å². The van der Waals surface area contributed by atoms with Gasteiger partial charge in [0.05, 0.1) is 10.9 Å². The maximum atomic E-state index is 12.6. The zero-order valence-electron chi connectivity index (χ0n) is 12.4. The van der Waals surface area contributed by atoms with Crippen LogP contribution < -0.4 is 5.32 Å². The van der Waals surface area contributed by atoms with Gasteiger partial charge in [-0.15, -0.1) is 11.8 Å². The maximum absolute atomic E-state index is 12.6. The van der Waals surface area contributed by atoms with Gasteiger partial charge in [-0.1, -0.05) is 17.7 Å². The van der Waals surface area contributed by atoms with Gasteiger partial charge < -0.3 is 4.90 Å². The van der Waals surface area contributed by atoms with Gasteiger partial charge in [-0.3, -0.25) is 10.1 Å². The van der Waals surface area contributed by atoms with Crippen LogP contribution >= 0.6 is 23.4 Å². The Balaban J connectivity index is 1.65. The van der Waals surface area contributed by atoms with Crippen LogP contribution in [0.4, 0.5) is 0 Å². The number of halogens is 1. The molecule has 2 heterocycles. The number of amides is 1. The molecule has 2 saturated heterocycles. The van der Waals surface area contributed by atoms with Crippen LogP contribution in [-0.4, -0.2) is 67.4 Å². The quantitative estimate of drug-likeness (QED) is 0.847. The zero-order chi connectivity index (χ0) is 16.4. The molecule has 0 aromatic heterocycles. The summed E-state index contributed by atoms with van der Waals surface area (Å²) in [7, 11) is -3.56. The summed E-state index contributed by atoms with van der Waals surface area (Å²) in [6, 6.07) is 6.12. The molecular formula is C14H18ClN3O3S2. The minimum absolute atomic E-state index is 0.0646. The number of carbonyl (C=O) groups is 1. The highest BCUT2D eigenvalue weighted by Crippen LogP contribution is 2.21. The van der Waals surface area contributed by atoms with Crippen LogP contribution in [0.1, 0.15) is 0 Å². The van der Waals surface area contributed by atoms with Crippen molar-refractivity contribution >= 4 is 39.3 Å². The minimum Gasteiger partial charge on any atom is -0.339 e. The molecule has 0 radical (unpaired) electrons. The van der Waals surface area contributed by atoms with E-state index in [0.29, 0.717) is 31.2 Å². The summed E-state index contributed by atoms with van der Waals surface area (Å²) in [4.78, 5) is 14.3. The third kappa shape index (κ3) is 3.66. The first-order chi connectivity index (χ1) is 11.0. The first-order valence-electron chi connectivity index (χ1n) is 7.34. The fourth-order valence-electron chi connectivity index (χ4n) is 2.70. The van der Waals surface area contributed by atoms with Crippen molar-refractivity contribution in [2.75, 3.05) is 37.8 Å². The van der Waals surface area contributed by atoms with Gasteiger partial charge in [0.15, 0.2) is 0 Å². The molecule has 1 atom stereocenters. The summed E-state index contributed by atoms with van der Waals surface area (Å²) >= 11 is 7.58. The lowest BCUT2D eigenvalue weighted by Gasteiger charge is -2.35. The second kappa shape index (κ2) is 6.98. The summed E-state index contributed by atoms with van der Waals surface area (Å²) in [6.45, 7) is 1.45. The Kier molecular flexibility index (Phi) is 5.17. The van der Waals surface area contributed by atoms with Crippen LogP contribution in [-0.2, 0) is 14.8 Å². The fraction of sp³-hybridized carbons (Fsp3) is 0.500. The molecule has 1 amide bonds. The Bertz CT molecular complexity index is 684. The monoisotopic (exact) mass is 375 g/mol. The third-order valence-electron chi connectivity index (χ3n) is 4.00. The van der Waals surface area contributed by atoms with E-state index in [0.717, 1.165) is 11.6 Å². The van der Waals surface area contributed by atoms with Gasteiger partial charge in [0.2, 0.25) is 15.9 Å². The van der Waals surface area contributed by atoms with E-state index in [4.69, 9.17) is 11.6 Å². The lowest BCUT2D eigenvalue weighted by Crippen LogP contribution is -2.54. The summed E-state index contributed by atoms with van der Waals surface area (Å²) in [5, 5.41) is 3.55. The largest absolute Gasteiger partial charge is 0.339 e.